The van der Waals surface area contributed by atoms with Crippen LogP contribution in [0, 0.1) is 34.5 Å². The molecule has 0 bridgehead atoms. The second kappa shape index (κ2) is 8.03. The molecule has 4 aliphatic carbocycles. The van der Waals surface area contributed by atoms with Gasteiger partial charge in [0.15, 0.2) is 5.78 Å². The fourth-order valence-corrected chi connectivity index (χ4v) is 9.36. The number of alkyl halides is 2. The Kier molecular flexibility index (Phi) is 6.17. The maximum Gasteiger partial charge on any atom is 0.306 e. The van der Waals surface area contributed by atoms with Crippen LogP contribution < -0.4 is 0 Å². The van der Waals surface area contributed by atoms with E-state index in [0.29, 0.717) is 6.42 Å². The Morgan fingerprint density at radius 3 is 2.38 bits per heavy atom. The molecule has 4 saturated carbocycles. The van der Waals surface area contributed by atoms with Gasteiger partial charge in [0.1, 0.15) is 29.3 Å². The van der Waals surface area contributed by atoms with Gasteiger partial charge >= 0.3 is 5.97 Å². The fraction of sp³-hybridized carbons (Fsp3) is 0.875. The number of aliphatic hydroxyl groups excluding tert-OH is 2. The van der Waals surface area contributed by atoms with E-state index in [1.165, 1.54) is 0 Å². The second-order valence-corrected chi connectivity index (χ2v) is 12.8. The SMILES string of the molecule is CC1C[C@H]2[C@@H]3CC(F)C4(O)CC(=O)C(Br)C[C@]4(C)[C@H]3C(O)C[C@]2(C)[C@@]1(O)C(=O)C(O)CC(=O)O. The van der Waals surface area contributed by atoms with Crippen LogP contribution in [0.1, 0.15) is 59.3 Å². The van der Waals surface area contributed by atoms with Crippen molar-refractivity contribution in [2.75, 3.05) is 0 Å². The lowest BCUT2D eigenvalue weighted by Gasteiger charge is -2.65. The number of hydrogen-bond acceptors (Lipinski definition) is 7. The number of halogens is 2. The Hall–Kier alpha value is -0.940. The van der Waals surface area contributed by atoms with Gasteiger partial charge in [0, 0.05) is 17.3 Å². The Labute approximate surface area is 206 Å². The van der Waals surface area contributed by atoms with Gasteiger partial charge in [-0.2, -0.15) is 0 Å². The van der Waals surface area contributed by atoms with Crippen LogP contribution in [-0.2, 0) is 14.4 Å². The zero-order valence-corrected chi connectivity index (χ0v) is 21.2. The van der Waals surface area contributed by atoms with E-state index >= 15 is 4.39 Å². The van der Waals surface area contributed by atoms with Crippen molar-refractivity contribution in [1.82, 2.24) is 0 Å². The summed E-state index contributed by atoms with van der Waals surface area (Å²) in [6, 6.07) is 0. The van der Waals surface area contributed by atoms with Gasteiger partial charge in [-0.15, -0.1) is 0 Å². The van der Waals surface area contributed by atoms with Crippen molar-refractivity contribution in [3.63, 3.8) is 0 Å². The third-order valence-corrected chi connectivity index (χ3v) is 11.0. The van der Waals surface area contributed by atoms with E-state index in [1.54, 1.807) is 20.8 Å². The quantitative estimate of drug-likeness (QED) is 0.330. The van der Waals surface area contributed by atoms with Crippen LogP contribution in [0.4, 0.5) is 4.39 Å². The van der Waals surface area contributed by atoms with Crippen LogP contribution >= 0.6 is 15.9 Å². The number of carbonyl (C=O) groups excluding carboxylic acids is 2. The monoisotopic (exact) mass is 548 g/mol. The minimum absolute atomic E-state index is 0.0330. The average molecular weight is 549 g/mol. The predicted molar refractivity (Wildman–Crippen MR) is 121 cm³/mol. The lowest BCUT2D eigenvalue weighted by molar-refractivity contribution is -0.261. The molecule has 192 valence electrons. The van der Waals surface area contributed by atoms with Gasteiger partial charge in [0.2, 0.25) is 0 Å². The van der Waals surface area contributed by atoms with E-state index in [1.807, 2.05) is 0 Å². The number of rotatable bonds is 4. The summed E-state index contributed by atoms with van der Waals surface area (Å²) in [5.41, 5.74) is -6.36. The van der Waals surface area contributed by atoms with E-state index in [2.05, 4.69) is 15.9 Å². The molecule has 5 N–H and O–H groups in total. The molecule has 4 rings (SSSR count). The van der Waals surface area contributed by atoms with Gasteiger partial charge in [-0.25, -0.2) is 4.39 Å². The first-order chi connectivity index (χ1) is 15.5. The molecule has 0 aromatic carbocycles. The zero-order valence-electron chi connectivity index (χ0n) is 19.6. The molecular formula is C24H34BrFO8. The standard InChI is InChI=1S/C24H34BrFO8/c1-10-4-12-11-5-17(26)23(33)9-15(28)13(25)7-22(23,3)19(11)16(29)8-21(12,2)24(10,34)20(32)14(27)6-18(30)31/h10-14,16-17,19,27,29,33-34H,4-9H2,1-3H3,(H,30,31)/t10?,11-,12-,13?,14?,16?,17?,19+,21-,22+,23?,24-/m0/s1. The van der Waals surface area contributed by atoms with E-state index < -0.39 is 87.1 Å². The summed E-state index contributed by atoms with van der Waals surface area (Å²) >= 11 is 3.36. The van der Waals surface area contributed by atoms with Crippen LogP contribution in [0.2, 0.25) is 0 Å². The molecule has 0 aliphatic heterocycles. The molecule has 0 heterocycles. The molecule has 8 nitrogen and oxygen atoms in total. The van der Waals surface area contributed by atoms with Crippen molar-refractivity contribution >= 4 is 33.5 Å². The Morgan fingerprint density at radius 2 is 1.79 bits per heavy atom. The van der Waals surface area contributed by atoms with Gasteiger partial charge in [0.05, 0.1) is 17.4 Å². The summed E-state index contributed by atoms with van der Waals surface area (Å²) in [7, 11) is 0. The highest BCUT2D eigenvalue weighted by Crippen LogP contribution is 2.70. The third kappa shape index (κ3) is 3.17. The van der Waals surface area contributed by atoms with Crippen molar-refractivity contribution in [2.24, 2.45) is 34.5 Å². The van der Waals surface area contributed by atoms with Crippen LogP contribution in [0.15, 0.2) is 0 Å². The number of carboxylic acids is 1. The van der Waals surface area contributed by atoms with Crippen molar-refractivity contribution < 1.29 is 44.3 Å². The molecule has 0 aromatic rings. The molecule has 0 aromatic heterocycles. The van der Waals surface area contributed by atoms with Gasteiger partial charge in [-0.05, 0) is 49.4 Å². The van der Waals surface area contributed by atoms with Crippen molar-refractivity contribution in [3.05, 3.63) is 0 Å². The van der Waals surface area contributed by atoms with Crippen LogP contribution in [-0.4, -0.2) is 77.5 Å². The maximum absolute atomic E-state index is 15.7. The van der Waals surface area contributed by atoms with E-state index in [-0.39, 0.29) is 31.5 Å². The molecule has 4 fully saturated rings. The van der Waals surface area contributed by atoms with Gasteiger partial charge in [-0.1, -0.05) is 36.7 Å². The highest BCUT2D eigenvalue weighted by molar-refractivity contribution is 9.10. The molecule has 4 aliphatic rings. The minimum atomic E-state index is -2.10. The van der Waals surface area contributed by atoms with Crippen LogP contribution in [0.5, 0.6) is 0 Å². The number of Topliss-reactive ketones (excluding diaryl/α,β-unsaturated/α-hetero) is 2. The highest BCUT2D eigenvalue weighted by atomic mass is 79.9. The van der Waals surface area contributed by atoms with E-state index in [4.69, 9.17) is 5.11 Å². The summed E-state index contributed by atoms with van der Waals surface area (Å²) in [4.78, 5) is 36.1. The first kappa shape index (κ1) is 26.1. The molecule has 12 atom stereocenters. The largest absolute Gasteiger partial charge is 0.481 e. The summed E-state index contributed by atoms with van der Waals surface area (Å²) in [5.74, 6) is -4.76. The topological polar surface area (TPSA) is 152 Å². The molecule has 0 spiro atoms. The molecule has 6 unspecified atom stereocenters. The van der Waals surface area contributed by atoms with E-state index in [9.17, 15) is 34.8 Å². The summed E-state index contributed by atoms with van der Waals surface area (Å²) in [5, 5.41) is 53.9. The van der Waals surface area contributed by atoms with Gasteiger partial charge < -0.3 is 25.5 Å². The molecule has 0 amide bonds. The lowest BCUT2D eigenvalue weighted by Crippen LogP contribution is -2.72. The predicted octanol–water partition coefficient (Wildman–Crippen LogP) is 1.39. The zero-order chi connectivity index (χ0) is 25.6. The van der Waals surface area contributed by atoms with E-state index in [0.717, 1.165) is 0 Å². The third-order valence-electron chi connectivity index (χ3n) is 10.2. The van der Waals surface area contributed by atoms with Crippen molar-refractivity contribution in [2.45, 2.75) is 93.7 Å². The Morgan fingerprint density at radius 1 is 1.18 bits per heavy atom. The number of aliphatic carboxylic acids is 1. The highest BCUT2D eigenvalue weighted by Gasteiger charge is 2.75. The van der Waals surface area contributed by atoms with Crippen LogP contribution in [0.25, 0.3) is 0 Å². The molecular weight excluding hydrogens is 515 g/mol. The summed E-state index contributed by atoms with van der Waals surface area (Å²) in [6.45, 7) is 5.02. The maximum atomic E-state index is 15.7. The molecule has 10 heteroatoms. The second-order valence-electron chi connectivity index (χ2n) is 11.7. The lowest BCUT2D eigenvalue weighted by atomic mass is 9.41. The Bertz CT molecular complexity index is 915. The number of aliphatic hydroxyl groups is 4. The normalized spacial score (nSPS) is 53.4. The minimum Gasteiger partial charge on any atom is -0.481 e. The van der Waals surface area contributed by atoms with Crippen molar-refractivity contribution in [1.29, 1.82) is 0 Å². The summed E-state index contributed by atoms with van der Waals surface area (Å²) in [6.07, 6.45) is -5.61. The van der Waals surface area contributed by atoms with Gasteiger partial charge in [-0.3, -0.25) is 14.4 Å². The number of hydrogen-bond donors (Lipinski definition) is 5. The first-order valence-corrected chi connectivity index (χ1v) is 12.8. The number of ketones is 2. The van der Waals surface area contributed by atoms with Gasteiger partial charge in [0.25, 0.3) is 0 Å². The molecule has 0 saturated heterocycles. The van der Waals surface area contributed by atoms with Crippen molar-refractivity contribution in [3.8, 4) is 0 Å². The fourth-order valence-electron chi connectivity index (χ4n) is 8.52. The number of carbonyl (C=O) groups is 3. The number of carboxylic acid groups (broad SMARTS) is 1. The Balaban J connectivity index is 1.76. The number of fused-ring (bicyclic) bond motifs is 5. The smallest absolute Gasteiger partial charge is 0.306 e. The average Bonchev–Trinajstić information content (AvgIpc) is 2.91. The molecule has 0 radical (unpaired) electrons. The molecule has 34 heavy (non-hydrogen) atoms. The van der Waals surface area contributed by atoms with Crippen LogP contribution in [0.3, 0.4) is 0 Å². The first-order valence-electron chi connectivity index (χ1n) is 11.9. The summed E-state index contributed by atoms with van der Waals surface area (Å²) < 4.78 is 15.7.